The first kappa shape index (κ1) is 11.2. The number of fused-ring (bicyclic) bond motifs is 1. The number of hydrogen-bond donors (Lipinski definition) is 3. The first-order valence-corrected chi connectivity index (χ1v) is 6.34. The number of phenols is 1. The highest BCUT2D eigenvalue weighted by Gasteiger charge is 2.13. The molecule has 5 nitrogen and oxygen atoms in total. The molecule has 2 aromatic heterocycles. The van der Waals surface area contributed by atoms with Crippen molar-refractivity contribution in [1.82, 2.24) is 15.0 Å². The lowest BCUT2D eigenvalue weighted by Gasteiger charge is -1.90. The highest BCUT2D eigenvalue weighted by molar-refractivity contribution is 7.15. The van der Waals surface area contributed by atoms with Crippen molar-refractivity contribution in [2.24, 2.45) is 5.73 Å². The third kappa shape index (κ3) is 1.75. The van der Waals surface area contributed by atoms with Crippen LogP contribution in [0.5, 0.6) is 5.75 Å². The van der Waals surface area contributed by atoms with E-state index < -0.39 is 0 Å². The Labute approximate surface area is 107 Å². The fraction of sp³-hybridized carbons (Fsp3) is 0.167. The average molecular weight is 260 g/mol. The molecule has 2 heterocycles. The summed E-state index contributed by atoms with van der Waals surface area (Å²) >= 11 is 1.54. The van der Waals surface area contributed by atoms with Crippen molar-refractivity contribution in [3.63, 3.8) is 0 Å². The predicted octanol–water partition coefficient (Wildman–Crippen LogP) is 2.16. The van der Waals surface area contributed by atoms with Crippen LogP contribution in [0.1, 0.15) is 10.7 Å². The second kappa shape index (κ2) is 4.08. The SMILES string of the molecule is Cc1nc(CN)sc1-c1nc2ccc(O)cc2[nH]1. The van der Waals surface area contributed by atoms with Gasteiger partial charge in [-0.1, -0.05) is 0 Å². The molecular formula is C12H12N4OS. The van der Waals surface area contributed by atoms with Crippen LogP contribution in [0.2, 0.25) is 0 Å². The zero-order valence-corrected chi connectivity index (χ0v) is 10.6. The van der Waals surface area contributed by atoms with Gasteiger partial charge in [0.05, 0.1) is 21.6 Å². The van der Waals surface area contributed by atoms with Crippen LogP contribution in [0.25, 0.3) is 21.7 Å². The van der Waals surface area contributed by atoms with Crippen LogP contribution in [0.4, 0.5) is 0 Å². The Hall–Kier alpha value is -1.92. The van der Waals surface area contributed by atoms with Crippen LogP contribution in [0, 0.1) is 6.92 Å². The molecule has 0 saturated carbocycles. The second-order valence-corrected chi connectivity index (χ2v) is 5.10. The van der Waals surface area contributed by atoms with Crippen LogP contribution < -0.4 is 5.73 Å². The summed E-state index contributed by atoms with van der Waals surface area (Å²) in [5.41, 5.74) is 8.15. The monoisotopic (exact) mass is 260 g/mol. The number of aromatic amines is 1. The Morgan fingerprint density at radius 3 is 2.94 bits per heavy atom. The van der Waals surface area contributed by atoms with Gasteiger partial charge in [0.1, 0.15) is 10.8 Å². The Balaban J connectivity index is 2.15. The van der Waals surface area contributed by atoms with Crippen LogP contribution in [-0.4, -0.2) is 20.1 Å². The molecule has 92 valence electrons. The van der Waals surface area contributed by atoms with Gasteiger partial charge in [-0.25, -0.2) is 9.97 Å². The summed E-state index contributed by atoms with van der Waals surface area (Å²) in [5, 5.41) is 10.3. The quantitative estimate of drug-likeness (QED) is 0.659. The number of aromatic nitrogens is 3. The first-order valence-electron chi connectivity index (χ1n) is 5.53. The van der Waals surface area contributed by atoms with E-state index in [-0.39, 0.29) is 5.75 Å². The number of rotatable bonds is 2. The normalized spacial score (nSPS) is 11.2. The van der Waals surface area contributed by atoms with Crippen molar-refractivity contribution in [2.45, 2.75) is 13.5 Å². The highest BCUT2D eigenvalue weighted by atomic mass is 32.1. The number of aromatic hydroxyl groups is 1. The molecule has 0 spiro atoms. The van der Waals surface area contributed by atoms with Crippen LogP contribution in [0.3, 0.4) is 0 Å². The van der Waals surface area contributed by atoms with Gasteiger partial charge in [-0.3, -0.25) is 0 Å². The van der Waals surface area contributed by atoms with Gasteiger partial charge < -0.3 is 15.8 Å². The lowest BCUT2D eigenvalue weighted by molar-refractivity contribution is 0.476. The number of phenolic OH excluding ortho intramolecular Hbond substituents is 1. The fourth-order valence-corrected chi connectivity index (χ4v) is 2.75. The molecule has 0 aliphatic carbocycles. The molecule has 0 fully saturated rings. The van der Waals surface area contributed by atoms with Gasteiger partial charge in [0.2, 0.25) is 0 Å². The number of H-pyrrole nitrogens is 1. The minimum Gasteiger partial charge on any atom is -0.508 e. The number of aryl methyl sites for hydroxylation is 1. The van der Waals surface area contributed by atoms with E-state index in [0.29, 0.717) is 6.54 Å². The molecule has 4 N–H and O–H groups in total. The molecule has 0 unspecified atom stereocenters. The maximum atomic E-state index is 9.43. The van der Waals surface area contributed by atoms with Gasteiger partial charge in [-0.15, -0.1) is 11.3 Å². The molecule has 18 heavy (non-hydrogen) atoms. The molecule has 0 bridgehead atoms. The maximum Gasteiger partial charge on any atom is 0.150 e. The van der Waals surface area contributed by atoms with Gasteiger partial charge in [0.15, 0.2) is 5.82 Å². The summed E-state index contributed by atoms with van der Waals surface area (Å²) in [6.45, 7) is 2.38. The molecule has 0 atom stereocenters. The minimum absolute atomic E-state index is 0.223. The lowest BCUT2D eigenvalue weighted by atomic mass is 10.3. The molecule has 6 heteroatoms. The number of nitrogens with zero attached hydrogens (tertiary/aromatic N) is 2. The van der Waals surface area contributed by atoms with Gasteiger partial charge >= 0.3 is 0 Å². The molecule has 0 radical (unpaired) electrons. The van der Waals surface area contributed by atoms with Crippen molar-refractivity contribution >= 4 is 22.4 Å². The first-order chi connectivity index (χ1) is 8.67. The minimum atomic E-state index is 0.223. The topological polar surface area (TPSA) is 87.8 Å². The number of thiazole rings is 1. The second-order valence-electron chi connectivity index (χ2n) is 4.01. The van der Waals surface area contributed by atoms with E-state index >= 15 is 0 Å². The van der Waals surface area contributed by atoms with Crippen molar-refractivity contribution in [2.75, 3.05) is 0 Å². The summed E-state index contributed by atoms with van der Waals surface area (Å²) < 4.78 is 0. The van der Waals surface area contributed by atoms with Gasteiger partial charge in [0, 0.05) is 12.6 Å². The largest absolute Gasteiger partial charge is 0.508 e. The summed E-state index contributed by atoms with van der Waals surface area (Å²) in [6.07, 6.45) is 0. The summed E-state index contributed by atoms with van der Waals surface area (Å²) in [7, 11) is 0. The van der Waals surface area contributed by atoms with Crippen molar-refractivity contribution in [1.29, 1.82) is 0 Å². The van der Waals surface area contributed by atoms with Crippen LogP contribution >= 0.6 is 11.3 Å². The summed E-state index contributed by atoms with van der Waals surface area (Å²) in [6, 6.07) is 5.06. The van der Waals surface area contributed by atoms with Crippen molar-refractivity contribution in [3.05, 3.63) is 28.9 Å². The van der Waals surface area contributed by atoms with Gasteiger partial charge in [0.25, 0.3) is 0 Å². The summed E-state index contributed by atoms with van der Waals surface area (Å²) in [5.74, 6) is 0.992. The number of nitrogens with two attached hydrogens (primary N) is 1. The number of benzene rings is 1. The fourth-order valence-electron chi connectivity index (χ4n) is 1.86. The third-order valence-corrected chi connectivity index (χ3v) is 3.88. The van der Waals surface area contributed by atoms with E-state index in [9.17, 15) is 5.11 Å². The Morgan fingerprint density at radius 2 is 2.22 bits per heavy atom. The van der Waals surface area contributed by atoms with Gasteiger partial charge in [-0.05, 0) is 19.1 Å². The van der Waals surface area contributed by atoms with Crippen LogP contribution in [0.15, 0.2) is 18.2 Å². The van der Waals surface area contributed by atoms with Crippen LogP contribution in [-0.2, 0) is 6.54 Å². The van der Waals surface area contributed by atoms with Crippen molar-refractivity contribution < 1.29 is 5.11 Å². The van der Waals surface area contributed by atoms with E-state index in [2.05, 4.69) is 15.0 Å². The van der Waals surface area contributed by atoms with Gasteiger partial charge in [-0.2, -0.15) is 0 Å². The zero-order valence-electron chi connectivity index (χ0n) is 9.77. The molecular weight excluding hydrogens is 248 g/mol. The Morgan fingerprint density at radius 1 is 1.39 bits per heavy atom. The summed E-state index contributed by atoms with van der Waals surface area (Å²) in [4.78, 5) is 13.1. The predicted molar refractivity (Wildman–Crippen MR) is 71.5 cm³/mol. The van der Waals surface area contributed by atoms with E-state index in [1.54, 1.807) is 18.2 Å². The molecule has 1 aromatic carbocycles. The number of hydrogen-bond acceptors (Lipinski definition) is 5. The Kier molecular flexibility index (Phi) is 2.53. The molecule has 0 aliphatic heterocycles. The molecule has 0 amide bonds. The van der Waals surface area contributed by atoms with E-state index in [0.717, 1.165) is 32.4 Å². The molecule has 3 aromatic rings. The highest BCUT2D eigenvalue weighted by Crippen LogP contribution is 2.30. The molecule has 3 rings (SSSR count). The van der Waals surface area contributed by atoms with Crippen molar-refractivity contribution in [3.8, 4) is 16.5 Å². The van der Waals surface area contributed by atoms with E-state index in [1.165, 1.54) is 11.3 Å². The standard InChI is InChI=1S/C12H12N4OS/c1-6-11(18-10(5-13)14-6)12-15-8-3-2-7(17)4-9(8)16-12/h2-4,17H,5,13H2,1H3,(H,15,16). The third-order valence-electron chi connectivity index (χ3n) is 2.70. The molecule has 0 saturated heterocycles. The zero-order chi connectivity index (χ0) is 12.7. The van der Waals surface area contributed by atoms with E-state index in [1.807, 2.05) is 6.92 Å². The number of imidazole rings is 1. The average Bonchev–Trinajstić information content (AvgIpc) is 2.91. The Bertz CT molecular complexity index is 716. The molecule has 0 aliphatic rings. The lowest BCUT2D eigenvalue weighted by Crippen LogP contribution is -1.94. The maximum absolute atomic E-state index is 9.43. The smallest absolute Gasteiger partial charge is 0.150 e. The van der Waals surface area contributed by atoms with E-state index in [4.69, 9.17) is 5.73 Å². The number of nitrogens with one attached hydrogen (secondary N) is 1.